The first-order valence-corrected chi connectivity index (χ1v) is 10.5. The van der Waals surface area contributed by atoms with Crippen LogP contribution in [0.15, 0.2) is 47.4 Å². The molecule has 2 rings (SSSR count). The van der Waals surface area contributed by atoms with Crippen molar-refractivity contribution in [3.8, 4) is 0 Å². The minimum Gasteiger partial charge on any atom is -0.345 e. The SMILES string of the molecule is CNS(=O)(=O)c1ccc(Cl)c(C(=O)NC(C)c2ccc(C(C)(C)C)cc2)c1. The van der Waals surface area contributed by atoms with E-state index in [9.17, 15) is 13.2 Å². The van der Waals surface area contributed by atoms with Crippen molar-refractivity contribution in [1.29, 1.82) is 0 Å². The standard InChI is InChI=1S/C20H25ClN2O3S/c1-13(14-6-8-15(9-7-14)20(2,3)4)23-19(24)17-12-16(10-11-18(17)21)27(25,26)22-5/h6-13,22H,1-5H3,(H,23,24). The zero-order chi connectivity index (χ0) is 20.4. The number of benzene rings is 2. The van der Waals surface area contributed by atoms with Gasteiger partial charge in [0.15, 0.2) is 0 Å². The van der Waals surface area contributed by atoms with E-state index < -0.39 is 15.9 Å². The van der Waals surface area contributed by atoms with Gasteiger partial charge in [0.25, 0.3) is 5.91 Å². The number of nitrogens with one attached hydrogen (secondary N) is 2. The number of rotatable bonds is 5. The summed E-state index contributed by atoms with van der Waals surface area (Å²) in [5.74, 6) is -0.430. The van der Waals surface area contributed by atoms with Crippen LogP contribution in [0.1, 0.15) is 55.2 Å². The minimum atomic E-state index is -3.66. The molecule has 146 valence electrons. The summed E-state index contributed by atoms with van der Waals surface area (Å²) in [7, 11) is -2.35. The molecule has 0 aliphatic heterocycles. The number of sulfonamides is 1. The summed E-state index contributed by atoms with van der Waals surface area (Å²) in [5.41, 5.74) is 2.33. The van der Waals surface area contributed by atoms with E-state index in [0.29, 0.717) is 0 Å². The number of hydrogen-bond acceptors (Lipinski definition) is 3. The molecule has 2 aromatic carbocycles. The lowest BCUT2D eigenvalue weighted by molar-refractivity contribution is 0.0940. The number of halogens is 1. The highest BCUT2D eigenvalue weighted by Gasteiger charge is 2.19. The molecule has 0 aliphatic carbocycles. The van der Waals surface area contributed by atoms with Crippen LogP contribution in [0.4, 0.5) is 0 Å². The minimum absolute atomic E-state index is 0.0123. The molecule has 0 aromatic heterocycles. The summed E-state index contributed by atoms with van der Waals surface area (Å²) in [4.78, 5) is 12.6. The molecule has 27 heavy (non-hydrogen) atoms. The van der Waals surface area contributed by atoms with E-state index >= 15 is 0 Å². The monoisotopic (exact) mass is 408 g/mol. The van der Waals surface area contributed by atoms with Crippen molar-refractivity contribution in [3.05, 3.63) is 64.2 Å². The fourth-order valence-electron chi connectivity index (χ4n) is 2.59. The molecule has 0 aliphatic rings. The van der Waals surface area contributed by atoms with Crippen molar-refractivity contribution >= 4 is 27.5 Å². The first kappa shape index (κ1) is 21.4. The molecule has 0 bridgehead atoms. The van der Waals surface area contributed by atoms with Crippen molar-refractivity contribution in [2.75, 3.05) is 7.05 Å². The smallest absolute Gasteiger partial charge is 0.253 e. The van der Waals surface area contributed by atoms with Gasteiger partial charge in [-0.05, 0) is 48.7 Å². The maximum Gasteiger partial charge on any atom is 0.253 e. The Kier molecular flexibility index (Phi) is 6.35. The molecule has 5 nitrogen and oxygen atoms in total. The van der Waals surface area contributed by atoms with Crippen molar-refractivity contribution in [3.63, 3.8) is 0 Å². The number of amides is 1. The highest BCUT2D eigenvalue weighted by Crippen LogP contribution is 2.25. The van der Waals surface area contributed by atoms with Gasteiger partial charge in [-0.15, -0.1) is 0 Å². The fourth-order valence-corrected chi connectivity index (χ4v) is 3.55. The molecule has 7 heteroatoms. The fraction of sp³-hybridized carbons (Fsp3) is 0.350. The van der Waals surface area contributed by atoms with Crippen molar-refractivity contribution in [1.82, 2.24) is 10.0 Å². The third-order valence-electron chi connectivity index (χ3n) is 4.39. The van der Waals surface area contributed by atoms with Crippen LogP contribution in [0.25, 0.3) is 0 Å². The van der Waals surface area contributed by atoms with Gasteiger partial charge < -0.3 is 5.32 Å². The predicted molar refractivity (Wildman–Crippen MR) is 109 cm³/mol. The summed E-state index contributed by atoms with van der Waals surface area (Å²) in [6.45, 7) is 8.29. The van der Waals surface area contributed by atoms with Crippen LogP contribution < -0.4 is 10.0 Å². The normalized spacial score (nSPS) is 13.3. The molecule has 1 atom stereocenters. The van der Waals surface area contributed by atoms with E-state index in [4.69, 9.17) is 11.6 Å². The lowest BCUT2D eigenvalue weighted by Gasteiger charge is -2.21. The Hall–Kier alpha value is -1.89. The Morgan fingerprint density at radius 2 is 1.67 bits per heavy atom. The molecule has 2 N–H and O–H groups in total. The van der Waals surface area contributed by atoms with Gasteiger partial charge in [-0.2, -0.15) is 0 Å². The maximum atomic E-state index is 12.6. The molecule has 0 saturated heterocycles. The molecule has 1 unspecified atom stereocenters. The molecule has 0 fully saturated rings. The molecule has 0 heterocycles. The van der Waals surface area contributed by atoms with Crippen LogP contribution in [0.5, 0.6) is 0 Å². The van der Waals surface area contributed by atoms with Gasteiger partial charge in [0.05, 0.1) is 21.5 Å². The summed E-state index contributed by atoms with van der Waals surface area (Å²) in [6.07, 6.45) is 0. The summed E-state index contributed by atoms with van der Waals surface area (Å²) >= 11 is 6.11. The van der Waals surface area contributed by atoms with Crippen LogP contribution in [0, 0.1) is 0 Å². The zero-order valence-electron chi connectivity index (χ0n) is 16.1. The maximum absolute atomic E-state index is 12.6. The highest BCUT2D eigenvalue weighted by molar-refractivity contribution is 7.89. The topological polar surface area (TPSA) is 75.3 Å². The second-order valence-corrected chi connectivity index (χ2v) is 9.71. The van der Waals surface area contributed by atoms with Gasteiger partial charge in [0.1, 0.15) is 0 Å². The van der Waals surface area contributed by atoms with E-state index in [1.54, 1.807) is 0 Å². The van der Waals surface area contributed by atoms with Crippen LogP contribution in [0.3, 0.4) is 0 Å². The third-order valence-corrected chi connectivity index (χ3v) is 6.13. The molecule has 1 amide bonds. The van der Waals surface area contributed by atoms with Crippen LogP contribution in [0.2, 0.25) is 5.02 Å². The average molecular weight is 409 g/mol. The molecule has 0 saturated carbocycles. The molecule has 0 radical (unpaired) electrons. The van der Waals surface area contributed by atoms with Crippen LogP contribution in [-0.2, 0) is 15.4 Å². The van der Waals surface area contributed by atoms with Gasteiger partial charge in [0, 0.05) is 0 Å². The van der Waals surface area contributed by atoms with Crippen molar-refractivity contribution < 1.29 is 13.2 Å². The molecule has 2 aromatic rings. The van der Waals surface area contributed by atoms with Crippen LogP contribution in [-0.4, -0.2) is 21.4 Å². The van der Waals surface area contributed by atoms with Gasteiger partial charge in [-0.1, -0.05) is 56.6 Å². The van der Waals surface area contributed by atoms with E-state index in [0.717, 1.165) is 5.56 Å². The predicted octanol–water partition coefficient (Wildman–Crippen LogP) is 4.04. The Labute approximate surface area is 166 Å². The van der Waals surface area contributed by atoms with E-state index in [1.807, 2.05) is 31.2 Å². The number of carbonyl (C=O) groups excluding carboxylic acids is 1. The Morgan fingerprint density at radius 3 is 2.19 bits per heavy atom. The average Bonchev–Trinajstić information content (AvgIpc) is 2.61. The second kappa shape index (κ2) is 8.00. The summed E-state index contributed by atoms with van der Waals surface area (Å²) in [6, 6.07) is 11.8. The molecule has 0 spiro atoms. The van der Waals surface area contributed by atoms with Gasteiger partial charge >= 0.3 is 0 Å². The Bertz CT molecular complexity index is 933. The molecular formula is C20H25ClN2O3S. The quantitative estimate of drug-likeness (QED) is 0.784. The number of carbonyl (C=O) groups is 1. The second-order valence-electron chi connectivity index (χ2n) is 7.42. The lowest BCUT2D eigenvalue weighted by Crippen LogP contribution is -2.27. The highest BCUT2D eigenvalue weighted by atomic mass is 35.5. The van der Waals surface area contributed by atoms with Crippen molar-refractivity contribution in [2.45, 2.75) is 44.0 Å². The zero-order valence-corrected chi connectivity index (χ0v) is 17.7. The molecular weight excluding hydrogens is 384 g/mol. The van der Waals surface area contributed by atoms with E-state index in [1.165, 1.54) is 30.8 Å². The van der Waals surface area contributed by atoms with Crippen molar-refractivity contribution in [2.24, 2.45) is 0 Å². The van der Waals surface area contributed by atoms with Gasteiger partial charge in [-0.25, -0.2) is 13.1 Å². The van der Waals surface area contributed by atoms with Gasteiger partial charge in [0.2, 0.25) is 10.0 Å². The first-order valence-electron chi connectivity index (χ1n) is 8.60. The first-order chi connectivity index (χ1) is 12.5. The largest absolute Gasteiger partial charge is 0.345 e. The lowest BCUT2D eigenvalue weighted by atomic mass is 9.86. The number of hydrogen-bond donors (Lipinski definition) is 2. The van der Waals surface area contributed by atoms with E-state index in [-0.39, 0.29) is 26.9 Å². The van der Waals surface area contributed by atoms with E-state index in [2.05, 4.69) is 30.8 Å². The summed E-state index contributed by atoms with van der Waals surface area (Å²) in [5, 5.41) is 3.06. The summed E-state index contributed by atoms with van der Waals surface area (Å²) < 4.78 is 26.1. The van der Waals surface area contributed by atoms with Crippen LogP contribution >= 0.6 is 11.6 Å². The third kappa shape index (κ3) is 5.09. The van der Waals surface area contributed by atoms with Gasteiger partial charge in [-0.3, -0.25) is 4.79 Å². The Morgan fingerprint density at radius 1 is 1.07 bits per heavy atom. The Balaban J connectivity index is 2.23.